The quantitative estimate of drug-likeness (QED) is 0.280. The third kappa shape index (κ3) is 5.32. The normalized spacial score (nSPS) is 11.0. The van der Waals surface area contributed by atoms with Gasteiger partial charge < -0.3 is 0 Å². The maximum Gasteiger partial charge on any atom is 0.229 e. The van der Waals surface area contributed by atoms with E-state index in [0.29, 0.717) is 18.7 Å². The third-order valence-electron chi connectivity index (χ3n) is 4.99. The number of rotatable bonds is 8. The van der Waals surface area contributed by atoms with Crippen LogP contribution in [0.5, 0.6) is 0 Å². The van der Waals surface area contributed by atoms with Gasteiger partial charge in [0.15, 0.2) is 5.13 Å². The smallest absolute Gasteiger partial charge is 0.229 e. The molecule has 0 aliphatic heterocycles. The highest BCUT2D eigenvalue weighted by molar-refractivity contribution is 7.99. The van der Waals surface area contributed by atoms with E-state index >= 15 is 0 Å². The number of aryl methyl sites for hydroxylation is 1. The number of benzene rings is 3. The summed E-state index contributed by atoms with van der Waals surface area (Å²) in [7, 11) is 0. The van der Waals surface area contributed by atoms with Crippen LogP contribution in [0, 0.1) is 5.82 Å². The molecule has 1 heterocycles. The highest BCUT2D eigenvalue weighted by atomic mass is 32.2. The summed E-state index contributed by atoms with van der Waals surface area (Å²) in [6.45, 7) is 2.61. The molecule has 1 amide bonds. The number of thiazole rings is 1. The Hall–Kier alpha value is -2.70. The first kappa shape index (κ1) is 21.5. The zero-order chi connectivity index (χ0) is 21.6. The Bertz CT molecular complexity index is 1160. The molecule has 3 aromatic carbocycles. The number of hydrogen-bond acceptors (Lipinski definition) is 4. The summed E-state index contributed by atoms with van der Waals surface area (Å²) in [5, 5.41) is 0.733. The molecular weight excluding hydrogens is 427 g/mol. The third-order valence-corrected chi connectivity index (χ3v) is 7.04. The van der Waals surface area contributed by atoms with Crippen molar-refractivity contribution in [2.24, 2.45) is 0 Å². The van der Waals surface area contributed by atoms with Gasteiger partial charge in [0.1, 0.15) is 5.82 Å². The summed E-state index contributed by atoms with van der Waals surface area (Å²) in [6.07, 6.45) is 1.28. The van der Waals surface area contributed by atoms with Gasteiger partial charge in [0.05, 0.1) is 16.8 Å². The molecule has 0 aliphatic carbocycles. The van der Waals surface area contributed by atoms with Gasteiger partial charge in [0.25, 0.3) is 0 Å². The molecule has 6 heteroatoms. The first-order valence-electron chi connectivity index (χ1n) is 10.2. The Labute approximate surface area is 189 Å². The van der Waals surface area contributed by atoms with Gasteiger partial charge in [-0.1, -0.05) is 60.7 Å². The lowest BCUT2D eigenvalue weighted by Crippen LogP contribution is -2.30. The van der Waals surface area contributed by atoms with E-state index in [9.17, 15) is 9.18 Å². The number of fused-ring (bicyclic) bond motifs is 1. The number of halogens is 1. The molecule has 0 radical (unpaired) electrons. The number of carbonyl (C=O) groups is 1. The Kier molecular flexibility index (Phi) is 6.99. The molecule has 0 aliphatic rings. The van der Waals surface area contributed by atoms with E-state index in [4.69, 9.17) is 4.98 Å². The zero-order valence-electron chi connectivity index (χ0n) is 17.3. The van der Waals surface area contributed by atoms with E-state index in [2.05, 4.69) is 19.1 Å². The van der Waals surface area contributed by atoms with Crippen molar-refractivity contribution in [1.29, 1.82) is 0 Å². The molecule has 4 rings (SSSR count). The van der Waals surface area contributed by atoms with Crippen molar-refractivity contribution < 1.29 is 9.18 Å². The molecule has 0 saturated heterocycles. The van der Waals surface area contributed by atoms with Gasteiger partial charge in [0.2, 0.25) is 5.91 Å². The minimum absolute atomic E-state index is 0.0376. The van der Waals surface area contributed by atoms with Crippen molar-refractivity contribution in [3.8, 4) is 0 Å². The summed E-state index contributed by atoms with van der Waals surface area (Å²) < 4.78 is 14.2. The minimum Gasteiger partial charge on any atom is -0.284 e. The Morgan fingerprint density at radius 1 is 1.03 bits per heavy atom. The van der Waals surface area contributed by atoms with Crippen LogP contribution in [0.15, 0.2) is 77.7 Å². The van der Waals surface area contributed by atoms with Crippen LogP contribution in [0.25, 0.3) is 10.2 Å². The number of aromatic nitrogens is 1. The van der Waals surface area contributed by atoms with Gasteiger partial charge in [-0.15, -0.1) is 11.8 Å². The van der Waals surface area contributed by atoms with Crippen LogP contribution in [0.3, 0.4) is 0 Å². The average Bonchev–Trinajstić information content (AvgIpc) is 3.23. The molecule has 0 spiro atoms. The van der Waals surface area contributed by atoms with Crippen molar-refractivity contribution in [3.05, 3.63) is 89.7 Å². The van der Waals surface area contributed by atoms with Crippen molar-refractivity contribution >= 4 is 44.4 Å². The molecule has 31 heavy (non-hydrogen) atoms. The van der Waals surface area contributed by atoms with E-state index in [1.165, 1.54) is 17.7 Å². The summed E-state index contributed by atoms with van der Waals surface area (Å²) in [5.74, 6) is 0.410. The van der Waals surface area contributed by atoms with Gasteiger partial charge in [-0.25, -0.2) is 9.37 Å². The fourth-order valence-corrected chi connectivity index (χ4v) is 5.22. The second-order valence-corrected chi connectivity index (χ2v) is 9.31. The summed E-state index contributed by atoms with van der Waals surface area (Å²) in [6, 6.07) is 22.6. The van der Waals surface area contributed by atoms with E-state index < -0.39 is 0 Å². The summed E-state index contributed by atoms with van der Waals surface area (Å²) in [4.78, 5) is 20.8. The second kappa shape index (κ2) is 10.1. The molecule has 0 fully saturated rings. The lowest BCUT2D eigenvalue weighted by molar-refractivity contribution is -0.118. The van der Waals surface area contributed by atoms with Crippen LogP contribution >= 0.6 is 23.1 Å². The predicted molar refractivity (Wildman–Crippen MR) is 128 cm³/mol. The Morgan fingerprint density at radius 3 is 2.55 bits per heavy atom. The number of amides is 1. The molecule has 1 aromatic heterocycles. The number of nitrogens with zero attached hydrogens (tertiary/aromatic N) is 2. The molecule has 3 nitrogen and oxygen atoms in total. The molecule has 4 aromatic rings. The SMILES string of the molecule is CCc1cccc2sc(N(Cc3ccccc3)C(=O)CCSc3ccc(F)cc3)nc12. The van der Waals surface area contributed by atoms with Crippen LogP contribution in [0.1, 0.15) is 24.5 Å². The number of hydrogen-bond donors (Lipinski definition) is 0. The second-order valence-electron chi connectivity index (χ2n) is 7.13. The highest BCUT2D eigenvalue weighted by Crippen LogP contribution is 2.32. The van der Waals surface area contributed by atoms with E-state index in [0.717, 1.165) is 32.2 Å². The van der Waals surface area contributed by atoms with Crippen molar-refractivity contribution in [3.63, 3.8) is 0 Å². The molecule has 158 valence electrons. The van der Waals surface area contributed by atoms with E-state index in [1.54, 1.807) is 40.1 Å². The fraction of sp³-hybridized carbons (Fsp3) is 0.200. The minimum atomic E-state index is -0.253. The zero-order valence-corrected chi connectivity index (χ0v) is 18.9. The van der Waals surface area contributed by atoms with Crippen molar-refractivity contribution in [2.45, 2.75) is 31.2 Å². The lowest BCUT2D eigenvalue weighted by Gasteiger charge is -2.20. The van der Waals surface area contributed by atoms with Crippen LogP contribution in [0.4, 0.5) is 9.52 Å². The van der Waals surface area contributed by atoms with E-state index in [1.807, 2.05) is 36.4 Å². The number of para-hydroxylation sites is 1. The van der Waals surface area contributed by atoms with Gasteiger partial charge in [-0.3, -0.25) is 9.69 Å². The maximum absolute atomic E-state index is 13.2. The van der Waals surface area contributed by atoms with Gasteiger partial charge in [0, 0.05) is 17.1 Å². The summed E-state index contributed by atoms with van der Waals surface area (Å²) >= 11 is 3.12. The van der Waals surface area contributed by atoms with Crippen molar-refractivity contribution in [1.82, 2.24) is 4.98 Å². The van der Waals surface area contributed by atoms with Crippen LogP contribution in [-0.4, -0.2) is 16.6 Å². The van der Waals surface area contributed by atoms with Crippen LogP contribution in [-0.2, 0) is 17.8 Å². The molecule has 0 saturated carbocycles. The number of anilines is 1. The highest BCUT2D eigenvalue weighted by Gasteiger charge is 2.20. The van der Waals surface area contributed by atoms with Crippen LogP contribution in [0.2, 0.25) is 0 Å². The monoisotopic (exact) mass is 450 g/mol. The standard InChI is InChI=1S/C25H23FN2OS2/c1-2-19-9-6-10-22-24(19)27-25(31-22)28(17-18-7-4-3-5-8-18)23(29)15-16-30-21-13-11-20(26)12-14-21/h3-14H,2,15-17H2,1H3. The molecule has 0 bridgehead atoms. The first-order chi connectivity index (χ1) is 15.1. The predicted octanol–water partition coefficient (Wildman–Crippen LogP) is 6.71. The van der Waals surface area contributed by atoms with Gasteiger partial charge in [-0.2, -0.15) is 0 Å². The lowest BCUT2D eigenvalue weighted by atomic mass is 10.1. The fourth-order valence-electron chi connectivity index (χ4n) is 3.35. The largest absolute Gasteiger partial charge is 0.284 e. The number of carbonyl (C=O) groups excluding carboxylic acids is 1. The topological polar surface area (TPSA) is 33.2 Å². The van der Waals surface area contributed by atoms with Gasteiger partial charge >= 0.3 is 0 Å². The molecule has 0 N–H and O–H groups in total. The average molecular weight is 451 g/mol. The Morgan fingerprint density at radius 2 is 1.81 bits per heavy atom. The molecule has 0 atom stereocenters. The molecular formula is C25H23FN2OS2. The van der Waals surface area contributed by atoms with E-state index in [-0.39, 0.29) is 11.7 Å². The maximum atomic E-state index is 13.2. The molecule has 0 unspecified atom stereocenters. The summed E-state index contributed by atoms with van der Waals surface area (Å²) in [5.41, 5.74) is 3.24. The Balaban J connectivity index is 1.55. The van der Waals surface area contributed by atoms with Crippen LogP contribution < -0.4 is 4.90 Å². The first-order valence-corrected chi connectivity index (χ1v) is 12.1. The van der Waals surface area contributed by atoms with Gasteiger partial charge in [-0.05, 0) is 47.9 Å². The number of thioether (sulfide) groups is 1. The van der Waals surface area contributed by atoms with Crippen molar-refractivity contribution in [2.75, 3.05) is 10.7 Å².